The lowest BCUT2D eigenvalue weighted by molar-refractivity contribution is -0.182. The van der Waals surface area contributed by atoms with E-state index in [-0.39, 0.29) is 31.5 Å². The molecule has 2 aromatic carbocycles. The van der Waals surface area contributed by atoms with Crippen LogP contribution in [0.2, 0.25) is 0 Å². The second kappa shape index (κ2) is 14.5. The van der Waals surface area contributed by atoms with Gasteiger partial charge < -0.3 is 15.1 Å². The van der Waals surface area contributed by atoms with Crippen molar-refractivity contribution >= 4 is 29.2 Å². The summed E-state index contributed by atoms with van der Waals surface area (Å²) in [4.78, 5) is 43.6. The van der Waals surface area contributed by atoms with E-state index >= 15 is 0 Å². The molecule has 0 aliphatic carbocycles. The lowest BCUT2D eigenvalue weighted by atomic mass is 10.0. The van der Waals surface area contributed by atoms with E-state index in [1.807, 2.05) is 42.5 Å². The Kier molecular flexibility index (Phi) is 10.6. The molecule has 212 valence electrons. The molecular formula is C29H34N4O6S. The van der Waals surface area contributed by atoms with Gasteiger partial charge in [-0.3, -0.25) is 19.2 Å². The van der Waals surface area contributed by atoms with Gasteiger partial charge in [0.25, 0.3) is 5.91 Å². The van der Waals surface area contributed by atoms with Crippen LogP contribution in [0, 0.1) is 5.92 Å². The van der Waals surface area contributed by atoms with Crippen molar-refractivity contribution < 1.29 is 27.8 Å². The normalized spacial score (nSPS) is 14.8. The summed E-state index contributed by atoms with van der Waals surface area (Å²) in [5, 5.41) is 6.53. The Morgan fingerprint density at radius 3 is 2.73 bits per heavy atom. The first-order chi connectivity index (χ1) is 19.5. The number of nitrogens with zero attached hydrogens (tertiary/aromatic N) is 1. The van der Waals surface area contributed by atoms with Crippen LogP contribution in [-0.4, -0.2) is 40.7 Å². The van der Waals surface area contributed by atoms with Crippen molar-refractivity contribution in [2.75, 3.05) is 13.2 Å². The topological polar surface area (TPSA) is 130 Å². The summed E-state index contributed by atoms with van der Waals surface area (Å²) >= 11 is 0. The number of hydrogen-bond donors (Lipinski definition) is 3. The number of carbonyl (C=O) groups is 3. The lowest BCUT2D eigenvalue weighted by Gasteiger charge is -2.23. The number of rotatable bonds is 15. The summed E-state index contributed by atoms with van der Waals surface area (Å²) in [5.41, 5.74) is 2.59. The largest absolute Gasteiger partial charge is 0.451 e. The first-order valence-electron chi connectivity index (χ1n) is 13.3. The molecule has 3 N–H and O–H groups in total. The highest BCUT2D eigenvalue weighted by atomic mass is 32.2. The van der Waals surface area contributed by atoms with Gasteiger partial charge in [-0.15, -0.1) is 0 Å². The molecule has 2 heterocycles. The monoisotopic (exact) mass is 566 g/mol. The van der Waals surface area contributed by atoms with Gasteiger partial charge in [-0.05, 0) is 35.7 Å². The Morgan fingerprint density at radius 1 is 1.12 bits per heavy atom. The molecule has 40 heavy (non-hydrogen) atoms. The second-order valence-electron chi connectivity index (χ2n) is 9.46. The number of benzene rings is 2. The minimum Gasteiger partial charge on any atom is -0.451 e. The van der Waals surface area contributed by atoms with Crippen LogP contribution in [-0.2, 0) is 38.6 Å². The van der Waals surface area contributed by atoms with E-state index in [0.29, 0.717) is 35.6 Å². The molecule has 3 aromatic rings. The molecule has 0 saturated heterocycles. The number of amides is 3. The highest BCUT2D eigenvalue weighted by molar-refractivity contribution is 7.83. The zero-order valence-corrected chi connectivity index (χ0v) is 23.2. The molecule has 3 amide bonds. The summed E-state index contributed by atoms with van der Waals surface area (Å²) in [7, 11) is -1.26. The van der Waals surface area contributed by atoms with Crippen LogP contribution in [0.5, 0.6) is 0 Å². The fourth-order valence-corrected chi connectivity index (χ4v) is 5.38. The molecular weight excluding hydrogens is 532 g/mol. The van der Waals surface area contributed by atoms with Crippen LogP contribution in [0.1, 0.15) is 54.3 Å². The molecule has 0 fully saturated rings. The second-order valence-corrected chi connectivity index (χ2v) is 10.7. The first kappa shape index (κ1) is 29.2. The fourth-order valence-electron chi connectivity index (χ4n) is 4.33. The molecule has 2 unspecified atom stereocenters. The summed E-state index contributed by atoms with van der Waals surface area (Å²) in [6.45, 7) is 2.83. The SMILES string of the molecule is CCCCCC(CN(C=O)OCc1ccccc1)C(=O)NCNC(=O)c1ccc(-c2ccc3c(c2)S(=O)NC3)o1. The van der Waals surface area contributed by atoms with Crippen molar-refractivity contribution in [2.24, 2.45) is 5.92 Å². The Labute approximate surface area is 236 Å². The van der Waals surface area contributed by atoms with E-state index in [4.69, 9.17) is 9.25 Å². The zero-order valence-electron chi connectivity index (χ0n) is 22.4. The van der Waals surface area contributed by atoms with E-state index in [1.54, 1.807) is 18.2 Å². The van der Waals surface area contributed by atoms with Gasteiger partial charge in [0.15, 0.2) is 5.76 Å². The lowest BCUT2D eigenvalue weighted by Crippen LogP contribution is -2.43. The summed E-state index contributed by atoms with van der Waals surface area (Å²) in [6.07, 6.45) is 3.94. The first-order valence-corrected chi connectivity index (χ1v) is 14.5. The standard InChI is InChI=1S/C29H34N4O6S/c1-2-3-5-10-24(17-33(20-34)38-18-21-8-6-4-7-9-21)28(35)30-19-31-29(36)26-14-13-25(39-26)22-11-12-23-16-32-40(37)27(23)15-22/h4,6-9,11-15,20,24,32H,2-3,5,10,16-19H2,1H3,(H,30,35)(H,31,36). The van der Waals surface area contributed by atoms with Gasteiger partial charge in [0, 0.05) is 12.1 Å². The molecule has 11 heteroatoms. The Balaban J connectivity index is 1.29. The zero-order chi connectivity index (χ0) is 28.3. The fraction of sp³-hybridized carbons (Fsp3) is 0.345. The van der Waals surface area contributed by atoms with Crippen molar-refractivity contribution in [1.29, 1.82) is 0 Å². The number of fused-ring (bicyclic) bond motifs is 1. The van der Waals surface area contributed by atoms with Gasteiger partial charge in [-0.2, -0.15) is 0 Å². The summed E-state index contributed by atoms with van der Waals surface area (Å²) < 4.78 is 20.7. The molecule has 0 bridgehead atoms. The van der Waals surface area contributed by atoms with E-state index in [1.165, 1.54) is 0 Å². The van der Waals surface area contributed by atoms with Crippen molar-refractivity contribution in [1.82, 2.24) is 20.4 Å². The van der Waals surface area contributed by atoms with Crippen LogP contribution in [0.4, 0.5) is 0 Å². The maximum Gasteiger partial charge on any atom is 0.288 e. The average molecular weight is 567 g/mol. The number of carbonyl (C=O) groups excluding carboxylic acids is 3. The maximum absolute atomic E-state index is 13.0. The summed E-state index contributed by atoms with van der Waals surface area (Å²) in [5.74, 6) is -0.710. The quantitative estimate of drug-likeness (QED) is 0.111. The number of nitrogens with one attached hydrogen (secondary N) is 3. The van der Waals surface area contributed by atoms with Crippen LogP contribution in [0.3, 0.4) is 0 Å². The van der Waals surface area contributed by atoms with Gasteiger partial charge in [-0.25, -0.2) is 14.0 Å². The van der Waals surface area contributed by atoms with Gasteiger partial charge in [0.2, 0.25) is 12.3 Å². The van der Waals surface area contributed by atoms with E-state index in [0.717, 1.165) is 35.5 Å². The highest BCUT2D eigenvalue weighted by Gasteiger charge is 2.23. The van der Waals surface area contributed by atoms with Crippen molar-refractivity contribution in [3.05, 3.63) is 77.6 Å². The third-order valence-corrected chi connectivity index (χ3v) is 7.76. The predicted molar refractivity (Wildman–Crippen MR) is 150 cm³/mol. The van der Waals surface area contributed by atoms with Crippen LogP contribution >= 0.6 is 0 Å². The number of unbranched alkanes of at least 4 members (excludes halogenated alkanes) is 2. The van der Waals surface area contributed by atoms with Crippen LogP contribution < -0.4 is 15.4 Å². The molecule has 4 rings (SSSR count). The van der Waals surface area contributed by atoms with E-state index in [2.05, 4.69) is 22.3 Å². The van der Waals surface area contributed by atoms with Crippen molar-refractivity contribution in [3.63, 3.8) is 0 Å². The van der Waals surface area contributed by atoms with E-state index in [9.17, 15) is 18.6 Å². The Hall–Kier alpha value is -3.80. The third kappa shape index (κ3) is 7.87. The van der Waals surface area contributed by atoms with Gasteiger partial charge in [0.05, 0.1) is 24.0 Å². The van der Waals surface area contributed by atoms with Crippen LogP contribution in [0.25, 0.3) is 11.3 Å². The number of furan rings is 1. The van der Waals surface area contributed by atoms with Crippen molar-refractivity contribution in [3.8, 4) is 11.3 Å². The van der Waals surface area contributed by atoms with Gasteiger partial charge in [0.1, 0.15) is 23.4 Å². The van der Waals surface area contributed by atoms with Gasteiger partial charge >= 0.3 is 0 Å². The predicted octanol–water partition coefficient (Wildman–Crippen LogP) is 3.66. The number of hydroxylamine groups is 2. The van der Waals surface area contributed by atoms with Crippen molar-refractivity contribution in [2.45, 2.75) is 50.7 Å². The third-order valence-electron chi connectivity index (χ3n) is 6.57. The molecule has 0 saturated carbocycles. The maximum atomic E-state index is 13.0. The molecule has 10 nitrogen and oxygen atoms in total. The minimum atomic E-state index is -1.26. The molecule has 1 aliphatic heterocycles. The summed E-state index contributed by atoms with van der Waals surface area (Å²) in [6, 6.07) is 18.2. The smallest absolute Gasteiger partial charge is 0.288 e. The van der Waals surface area contributed by atoms with Gasteiger partial charge in [-0.1, -0.05) is 68.7 Å². The average Bonchev–Trinajstić information content (AvgIpc) is 3.62. The Bertz CT molecular complexity index is 1330. The number of hydrogen-bond acceptors (Lipinski definition) is 6. The van der Waals surface area contributed by atoms with Crippen LogP contribution in [0.15, 0.2) is 70.0 Å². The molecule has 2 atom stereocenters. The molecule has 1 aromatic heterocycles. The molecule has 0 spiro atoms. The van der Waals surface area contributed by atoms with E-state index < -0.39 is 22.8 Å². The molecule has 0 radical (unpaired) electrons. The highest BCUT2D eigenvalue weighted by Crippen LogP contribution is 2.28. The molecule has 1 aliphatic rings. The Morgan fingerprint density at radius 2 is 1.95 bits per heavy atom. The minimum absolute atomic E-state index is 0.0879.